The normalized spacial score (nSPS) is 12.2. The molecule has 7 heteroatoms. The SMILES string of the molecule is O=C(O)CC(c1ccccc1)n1cnc2cc(NC(=O)/C=C/c3ccc(Br)cc3)ccc21. The van der Waals surface area contributed by atoms with E-state index >= 15 is 0 Å². The van der Waals surface area contributed by atoms with Crippen LogP contribution in [0, 0.1) is 0 Å². The molecule has 0 radical (unpaired) electrons. The maximum atomic E-state index is 12.3. The summed E-state index contributed by atoms with van der Waals surface area (Å²) < 4.78 is 2.84. The van der Waals surface area contributed by atoms with Crippen molar-refractivity contribution in [2.24, 2.45) is 0 Å². The van der Waals surface area contributed by atoms with Crippen molar-refractivity contribution in [3.63, 3.8) is 0 Å². The minimum Gasteiger partial charge on any atom is -0.481 e. The third-order valence-electron chi connectivity index (χ3n) is 5.03. The summed E-state index contributed by atoms with van der Waals surface area (Å²) in [6.07, 6.45) is 4.80. The monoisotopic (exact) mass is 489 g/mol. The molecule has 1 atom stereocenters. The summed E-state index contributed by atoms with van der Waals surface area (Å²) in [5.74, 6) is -1.14. The number of amides is 1. The molecule has 4 rings (SSSR count). The van der Waals surface area contributed by atoms with Crippen molar-refractivity contribution in [2.45, 2.75) is 12.5 Å². The first-order chi connectivity index (χ1) is 15.5. The van der Waals surface area contributed by atoms with E-state index in [0.717, 1.165) is 21.1 Å². The lowest BCUT2D eigenvalue weighted by Crippen LogP contribution is -2.14. The number of fused-ring (bicyclic) bond motifs is 1. The average molecular weight is 490 g/mol. The van der Waals surface area contributed by atoms with Gasteiger partial charge in [0.2, 0.25) is 5.91 Å². The second kappa shape index (κ2) is 9.62. The highest BCUT2D eigenvalue weighted by molar-refractivity contribution is 9.10. The fourth-order valence-corrected chi connectivity index (χ4v) is 3.77. The Balaban J connectivity index is 1.55. The van der Waals surface area contributed by atoms with Crippen LogP contribution in [0.15, 0.2) is 89.7 Å². The van der Waals surface area contributed by atoms with Crippen molar-refractivity contribution in [2.75, 3.05) is 5.32 Å². The largest absolute Gasteiger partial charge is 0.481 e. The van der Waals surface area contributed by atoms with Crippen molar-refractivity contribution >= 4 is 50.6 Å². The van der Waals surface area contributed by atoms with Crippen LogP contribution >= 0.6 is 15.9 Å². The maximum absolute atomic E-state index is 12.3. The van der Waals surface area contributed by atoms with Gasteiger partial charge >= 0.3 is 5.97 Å². The molecule has 0 aliphatic carbocycles. The number of hydrogen-bond donors (Lipinski definition) is 2. The number of hydrogen-bond acceptors (Lipinski definition) is 3. The molecule has 32 heavy (non-hydrogen) atoms. The lowest BCUT2D eigenvalue weighted by atomic mass is 10.0. The summed E-state index contributed by atoms with van der Waals surface area (Å²) in [6.45, 7) is 0. The molecule has 1 unspecified atom stereocenters. The minimum atomic E-state index is -0.887. The maximum Gasteiger partial charge on any atom is 0.305 e. The fraction of sp³-hybridized carbons (Fsp3) is 0.0800. The number of aromatic nitrogens is 2. The number of halogens is 1. The van der Waals surface area contributed by atoms with Gasteiger partial charge < -0.3 is 15.0 Å². The van der Waals surface area contributed by atoms with Crippen LogP contribution in [-0.2, 0) is 9.59 Å². The molecule has 1 heterocycles. The van der Waals surface area contributed by atoms with E-state index < -0.39 is 5.97 Å². The lowest BCUT2D eigenvalue weighted by molar-refractivity contribution is -0.137. The molecule has 6 nitrogen and oxygen atoms in total. The van der Waals surface area contributed by atoms with Crippen molar-refractivity contribution in [3.05, 3.63) is 101 Å². The van der Waals surface area contributed by atoms with Crippen LogP contribution in [0.4, 0.5) is 5.69 Å². The fourth-order valence-electron chi connectivity index (χ4n) is 3.51. The van der Waals surface area contributed by atoms with Gasteiger partial charge in [0.1, 0.15) is 0 Å². The summed E-state index contributed by atoms with van der Waals surface area (Å²) >= 11 is 3.38. The van der Waals surface area contributed by atoms with Crippen LogP contribution < -0.4 is 5.32 Å². The predicted molar refractivity (Wildman–Crippen MR) is 128 cm³/mol. The molecular weight excluding hydrogens is 470 g/mol. The zero-order valence-corrected chi connectivity index (χ0v) is 18.6. The number of benzene rings is 3. The van der Waals surface area contributed by atoms with Gasteiger partial charge in [-0.3, -0.25) is 9.59 Å². The van der Waals surface area contributed by atoms with Gasteiger partial charge in [0.25, 0.3) is 0 Å². The molecule has 0 fully saturated rings. The Bertz CT molecular complexity index is 1280. The highest BCUT2D eigenvalue weighted by Gasteiger charge is 2.19. The summed E-state index contributed by atoms with van der Waals surface area (Å²) in [5.41, 5.74) is 3.89. The topological polar surface area (TPSA) is 84.2 Å². The number of imidazole rings is 1. The molecule has 2 N–H and O–H groups in total. The molecule has 0 aliphatic rings. The Morgan fingerprint density at radius 1 is 1.06 bits per heavy atom. The van der Waals surface area contributed by atoms with E-state index in [9.17, 15) is 14.7 Å². The quantitative estimate of drug-likeness (QED) is 0.335. The highest BCUT2D eigenvalue weighted by atomic mass is 79.9. The molecule has 3 aromatic carbocycles. The molecular formula is C25H20BrN3O3. The first kappa shape index (κ1) is 21.5. The van der Waals surface area contributed by atoms with Crippen LogP contribution in [0.25, 0.3) is 17.1 Å². The molecule has 0 aliphatic heterocycles. The summed E-state index contributed by atoms with van der Waals surface area (Å²) in [5, 5.41) is 12.3. The lowest BCUT2D eigenvalue weighted by Gasteiger charge is -2.18. The Kier molecular flexibility index (Phi) is 6.47. The number of aliphatic carboxylic acids is 1. The number of carbonyl (C=O) groups excluding carboxylic acids is 1. The zero-order valence-electron chi connectivity index (χ0n) is 17.0. The first-order valence-corrected chi connectivity index (χ1v) is 10.8. The van der Waals surface area contributed by atoms with Crippen molar-refractivity contribution in [1.29, 1.82) is 0 Å². The number of rotatable bonds is 7. The zero-order chi connectivity index (χ0) is 22.5. The van der Waals surface area contributed by atoms with Gasteiger partial charge in [-0.2, -0.15) is 0 Å². The van der Waals surface area contributed by atoms with E-state index in [-0.39, 0.29) is 18.4 Å². The summed E-state index contributed by atoms with van der Waals surface area (Å²) in [4.78, 5) is 28.2. The molecule has 0 spiro atoms. The summed E-state index contributed by atoms with van der Waals surface area (Å²) in [6, 6.07) is 22.2. The van der Waals surface area contributed by atoms with Crippen LogP contribution in [0.5, 0.6) is 0 Å². The van der Waals surface area contributed by atoms with E-state index in [2.05, 4.69) is 26.2 Å². The standard InChI is InChI=1S/C25H20BrN3O3/c26-19-9-6-17(7-10-19)8-13-24(30)28-20-11-12-22-21(14-20)27-16-29(22)23(15-25(31)32)18-4-2-1-3-5-18/h1-14,16,23H,15H2,(H,28,30)(H,31,32)/b13-8+. The molecule has 160 valence electrons. The van der Waals surface area contributed by atoms with Gasteiger partial charge in [-0.25, -0.2) is 4.98 Å². The number of carboxylic acid groups (broad SMARTS) is 1. The Morgan fingerprint density at radius 2 is 1.81 bits per heavy atom. The number of nitrogens with one attached hydrogen (secondary N) is 1. The van der Waals surface area contributed by atoms with E-state index in [0.29, 0.717) is 11.2 Å². The summed E-state index contributed by atoms with van der Waals surface area (Å²) in [7, 11) is 0. The van der Waals surface area contributed by atoms with Gasteiger partial charge in [-0.1, -0.05) is 58.4 Å². The molecule has 1 aromatic heterocycles. The molecule has 1 amide bonds. The number of nitrogens with zero attached hydrogens (tertiary/aromatic N) is 2. The van der Waals surface area contributed by atoms with Crippen LogP contribution in [0.3, 0.4) is 0 Å². The first-order valence-electron chi connectivity index (χ1n) is 9.97. The third kappa shape index (κ3) is 5.12. The molecule has 0 bridgehead atoms. The smallest absolute Gasteiger partial charge is 0.305 e. The van der Waals surface area contributed by atoms with Crippen LogP contribution in [-0.4, -0.2) is 26.5 Å². The van der Waals surface area contributed by atoms with Gasteiger partial charge in [-0.15, -0.1) is 0 Å². The third-order valence-corrected chi connectivity index (χ3v) is 5.56. The minimum absolute atomic E-state index is 0.0607. The van der Waals surface area contributed by atoms with E-state index in [4.69, 9.17) is 0 Å². The van der Waals surface area contributed by atoms with E-state index in [1.165, 1.54) is 6.08 Å². The average Bonchev–Trinajstić information content (AvgIpc) is 3.20. The van der Waals surface area contributed by atoms with E-state index in [1.54, 1.807) is 24.5 Å². The second-order valence-electron chi connectivity index (χ2n) is 7.25. The number of carboxylic acids is 1. The molecule has 0 saturated carbocycles. The Morgan fingerprint density at radius 3 is 2.53 bits per heavy atom. The van der Waals surface area contributed by atoms with E-state index in [1.807, 2.05) is 65.2 Å². The second-order valence-corrected chi connectivity index (χ2v) is 8.17. The molecule has 4 aromatic rings. The predicted octanol–water partition coefficient (Wildman–Crippen LogP) is 5.51. The Hall–Kier alpha value is -3.71. The van der Waals surface area contributed by atoms with Gasteiger partial charge in [-0.05, 0) is 47.5 Å². The molecule has 0 saturated heterocycles. The Labute approximate surface area is 193 Å². The number of anilines is 1. The highest BCUT2D eigenvalue weighted by Crippen LogP contribution is 2.28. The van der Waals surface area contributed by atoms with Crippen molar-refractivity contribution < 1.29 is 14.7 Å². The van der Waals surface area contributed by atoms with Gasteiger partial charge in [0.15, 0.2) is 0 Å². The van der Waals surface area contributed by atoms with Gasteiger partial charge in [0.05, 0.1) is 29.8 Å². The van der Waals surface area contributed by atoms with Crippen molar-refractivity contribution in [1.82, 2.24) is 9.55 Å². The van der Waals surface area contributed by atoms with Crippen molar-refractivity contribution in [3.8, 4) is 0 Å². The van der Waals surface area contributed by atoms with Gasteiger partial charge in [0, 0.05) is 16.2 Å². The number of carbonyl (C=O) groups is 2. The van der Waals surface area contributed by atoms with Crippen LogP contribution in [0.2, 0.25) is 0 Å². The van der Waals surface area contributed by atoms with Crippen LogP contribution in [0.1, 0.15) is 23.6 Å².